The zero-order valence-corrected chi connectivity index (χ0v) is 11.8. The Morgan fingerprint density at radius 1 is 1.45 bits per heavy atom. The van der Waals surface area contributed by atoms with E-state index in [9.17, 15) is 14.5 Å². The molecule has 1 aromatic heterocycles. The Hall–Kier alpha value is -1.66. The molecule has 1 aliphatic rings. The normalized spacial score (nSPS) is 17.0. The van der Waals surface area contributed by atoms with E-state index in [4.69, 9.17) is 11.6 Å². The Morgan fingerprint density at radius 2 is 2.25 bits per heavy atom. The van der Waals surface area contributed by atoms with E-state index < -0.39 is 16.4 Å². The summed E-state index contributed by atoms with van der Waals surface area (Å²) >= 11 is 7.54. The highest BCUT2D eigenvalue weighted by Crippen LogP contribution is 2.41. The van der Waals surface area contributed by atoms with Crippen molar-refractivity contribution in [1.82, 2.24) is 0 Å². The number of hydrogen-bond acceptors (Lipinski definition) is 4. The summed E-state index contributed by atoms with van der Waals surface area (Å²) in [7, 11) is 0. The molecule has 1 aromatic carbocycles. The number of nitrogens with one attached hydrogen (secondary N) is 1. The number of fused-ring (bicyclic) bond motifs is 1. The Balaban J connectivity index is 1.86. The van der Waals surface area contributed by atoms with Crippen molar-refractivity contribution in [3.63, 3.8) is 0 Å². The minimum atomic E-state index is -0.828. The molecule has 1 N–H and O–H groups in total. The largest absolute Gasteiger partial charge is 0.378 e. The van der Waals surface area contributed by atoms with Crippen molar-refractivity contribution in [3.8, 4) is 0 Å². The number of thiophene rings is 1. The van der Waals surface area contributed by atoms with Gasteiger partial charge in [0.25, 0.3) is 0 Å². The second-order valence-electron chi connectivity index (χ2n) is 4.59. The summed E-state index contributed by atoms with van der Waals surface area (Å²) in [5.74, 6) is -0.828. The van der Waals surface area contributed by atoms with Crippen molar-refractivity contribution in [2.45, 2.75) is 18.9 Å². The van der Waals surface area contributed by atoms with Crippen LogP contribution < -0.4 is 5.32 Å². The van der Waals surface area contributed by atoms with Crippen LogP contribution in [0.25, 0.3) is 0 Å². The Morgan fingerprint density at radius 3 is 3.00 bits per heavy atom. The Labute approximate surface area is 123 Å². The van der Waals surface area contributed by atoms with E-state index >= 15 is 0 Å². The van der Waals surface area contributed by atoms with Crippen molar-refractivity contribution in [3.05, 3.63) is 55.0 Å². The summed E-state index contributed by atoms with van der Waals surface area (Å²) in [6.07, 6.45) is 1.84. The van der Waals surface area contributed by atoms with Gasteiger partial charge in [0.15, 0.2) is 0 Å². The van der Waals surface area contributed by atoms with Gasteiger partial charge in [0.05, 0.1) is 15.3 Å². The molecule has 1 atom stereocenters. The zero-order valence-electron chi connectivity index (χ0n) is 10.2. The van der Waals surface area contributed by atoms with E-state index in [2.05, 4.69) is 5.32 Å². The van der Waals surface area contributed by atoms with Gasteiger partial charge in [-0.15, -0.1) is 11.3 Å². The van der Waals surface area contributed by atoms with Crippen LogP contribution in [0.5, 0.6) is 0 Å². The van der Waals surface area contributed by atoms with Crippen molar-refractivity contribution in [1.29, 1.82) is 0 Å². The number of nitrogens with zero attached hydrogens (tertiary/aromatic N) is 1. The monoisotopic (exact) mass is 312 g/mol. The first-order chi connectivity index (χ1) is 9.54. The lowest BCUT2D eigenvalue weighted by atomic mass is 10.1. The van der Waals surface area contributed by atoms with Gasteiger partial charge < -0.3 is 5.32 Å². The van der Waals surface area contributed by atoms with Gasteiger partial charge in [-0.3, -0.25) is 10.1 Å². The smallest absolute Gasteiger partial charge is 0.306 e. The third kappa shape index (κ3) is 2.36. The van der Waals surface area contributed by atoms with Gasteiger partial charge in [-0.2, -0.15) is 4.39 Å². The van der Waals surface area contributed by atoms with E-state index in [1.165, 1.54) is 17.0 Å². The number of nitro benzene ring substituents is 1. The van der Waals surface area contributed by atoms with Crippen LogP contribution in [0.4, 0.5) is 15.8 Å². The Bertz CT molecular complexity index is 689. The van der Waals surface area contributed by atoms with Crippen LogP contribution in [0.1, 0.15) is 22.9 Å². The fraction of sp³-hybridized carbons (Fsp3) is 0.231. The van der Waals surface area contributed by atoms with E-state index in [0.717, 1.165) is 28.8 Å². The first-order valence-electron chi connectivity index (χ1n) is 6.03. The van der Waals surface area contributed by atoms with Crippen LogP contribution in [-0.4, -0.2) is 4.92 Å². The van der Waals surface area contributed by atoms with Gasteiger partial charge in [-0.1, -0.05) is 11.6 Å². The molecule has 7 heteroatoms. The maximum Gasteiger partial charge on any atom is 0.306 e. The van der Waals surface area contributed by atoms with Crippen LogP contribution >= 0.6 is 22.9 Å². The third-order valence-corrected chi connectivity index (χ3v) is 4.67. The lowest BCUT2D eigenvalue weighted by Gasteiger charge is -2.14. The van der Waals surface area contributed by atoms with Gasteiger partial charge in [-0.05, 0) is 36.6 Å². The third-order valence-electron chi connectivity index (χ3n) is 3.33. The SMILES string of the molecule is O=[N+]([O-])c1cc(NC2CCc3sc(Cl)cc32)ccc1F. The van der Waals surface area contributed by atoms with Crippen molar-refractivity contribution < 1.29 is 9.31 Å². The van der Waals surface area contributed by atoms with Gasteiger partial charge in [0.2, 0.25) is 5.82 Å². The number of benzene rings is 1. The molecular formula is C13H10ClFN2O2S. The molecule has 0 radical (unpaired) electrons. The summed E-state index contributed by atoms with van der Waals surface area (Å²) < 4.78 is 14.0. The molecule has 0 bridgehead atoms. The number of hydrogen-bond donors (Lipinski definition) is 1. The molecule has 4 nitrogen and oxygen atoms in total. The quantitative estimate of drug-likeness (QED) is 0.668. The van der Waals surface area contributed by atoms with E-state index in [-0.39, 0.29) is 6.04 Å². The number of rotatable bonds is 3. The molecule has 2 aromatic rings. The number of anilines is 1. The van der Waals surface area contributed by atoms with Crippen LogP contribution in [-0.2, 0) is 6.42 Å². The number of halogens is 2. The predicted molar refractivity (Wildman–Crippen MR) is 77.1 cm³/mol. The summed E-state index contributed by atoms with van der Waals surface area (Å²) in [5.41, 5.74) is 1.15. The molecule has 0 amide bonds. The van der Waals surface area contributed by atoms with Crippen molar-refractivity contribution in [2.75, 3.05) is 5.32 Å². The first-order valence-corrected chi connectivity index (χ1v) is 7.22. The molecule has 1 heterocycles. The lowest BCUT2D eigenvalue weighted by molar-refractivity contribution is -0.387. The minimum absolute atomic E-state index is 0.0683. The molecule has 0 aliphatic heterocycles. The topological polar surface area (TPSA) is 55.2 Å². The predicted octanol–water partition coefficient (Wildman–Crippen LogP) is 4.55. The maximum atomic E-state index is 13.3. The molecule has 0 saturated carbocycles. The second kappa shape index (κ2) is 5.03. The molecule has 20 heavy (non-hydrogen) atoms. The zero-order chi connectivity index (χ0) is 14.3. The van der Waals surface area contributed by atoms with E-state index in [1.807, 2.05) is 6.07 Å². The lowest BCUT2D eigenvalue weighted by Crippen LogP contribution is -2.07. The fourth-order valence-corrected chi connectivity index (χ4v) is 3.78. The average molecular weight is 313 g/mol. The highest BCUT2D eigenvalue weighted by molar-refractivity contribution is 7.16. The summed E-state index contributed by atoms with van der Waals surface area (Å²) in [4.78, 5) is 11.3. The minimum Gasteiger partial charge on any atom is -0.378 e. The van der Waals surface area contributed by atoms with E-state index in [0.29, 0.717) is 5.69 Å². The molecular weight excluding hydrogens is 303 g/mol. The highest BCUT2D eigenvalue weighted by atomic mass is 35.5. The van der Waals surface area contributed by atoms with Crippen LogP contribution in [0.15, 0.2) is 24.3 Å². The van der Waals surface area contributed by atoms with Gasteiger partial charge in [0, 0.05) is 16.6 Å². The molecule has 1 unspecified atom stereocenters. The highest BCUT2D eigenvalue weighted by Gasteiger charge is 2.25. The molecule has 0 saturated heterocycles. The molecule has 0 spiro atoms. The standard InChI is InChI=1S/C13H10ClFN2O2S/c14-13-6-8-10(3-4-12(8)20-13)16-7-1-2-9(15)11(5-7)17(18)19/h1-2,5-6,10,16H,3-4H2. The van der Waals surface area contributed by atoms with Gasteiger partial charge in [0.1, 0.15) is 0 Å². The number of aryl methyl sites for hydroxylation is 1. The maximum absolute atomic E-state index is 13.3. The molecule has 104 valence electrons. The summed E-state index contributed by atoms with van der Waals surface area (Å²) in [5, 5.41) is 13.9. The molecule has 0 fully saturated rings. The second-order valence-corrected chi connectivity index (χ2v) is 6.36. The number of nitro groups is 1. The van der Waals surface area contributed by atoms with Crippen LogP contribution in [0, 0.1) is 15.9 Å². The summed E-state index contributed by atoms with van der Waals surface area (Å²) in [6.45, 7) is 0. The van der Waals surface area contributed by atoms with Gasteiger partial charge in [-0.25, -0.2) is 0 Å². The van der Waals surface area contributed by atoms with Crippen LogP contribution in [0.3, 0.4) is 0 Å². The van der Waals surface area contributed by atoms with Crippen molar-refractivity contribution >= 4 is 34.3 Å². The van der Waals surface area contributed by atoms with E-state index in [1.54, 1.807) is 11.3 Å². The molecule has 3 rings (SSSR count). The average Bonchev–Trinajstić information content (AvgIpc) is 2.92. The first kappa shape index (κ1) is 13.3. The Kier molecular flexibility index (Phi) is 3.35. The fourth-order valence-electron chi connectivity index (χ4n) is 2.42. The summed E-state index contributed by atoms with van der Waals surface area (Å²) in [6, 6.07) is 5.83. The van der Waals surface area contributed by atoms with Crippen LogP contribution in [0.2, 0.25) is 4.34 Å². The van der Waals surface area contributed by atoms with Gasteiger partial charge >= 0.3 is 5.69 Å². The van der Waals surface area contributed by atoms with Crippen molar-refractivity contribution in [2.24, 2.45) is 0 Å². The molecule has 1 aliphatic carbocycles.